The second-order valence-electron chi connectivity index (χ2n) is 7.56. The molecule has 0 aliphatic carbocycles. The van der Waals surface area contributed by atoms with Gasteiger partial charge in [0.1, 0.15) is 24.0 Å². The number of rotatable bonds is 5. The van der Waals surface area contributed by atoms with Gasteiger partial charge in [-0.15, -0.1) is 5.10 Å². The lowest BCUT2D eigenvalue weighted by Gasteiger charge is -2.24. The Morgan fingerprint density at radius 3 is 2.48 bits per heavy atom. The Morgan fingerprint density at radius 1 is 1.03 bits per heavy atom. The van der Waals surface area contributed by atoms with Gasteiger partial charge in [-0.2, -0.15) is 5.26 Å². The van der Waals surface area contributed by atoms with Crippen LogP contribution in [0, 0.1) is 11.3 Å². The number of aromatic nitrogens is 2. The van der Waals surface area contributed by atoms with Crippen molar-refractivity contribution in [1.82, 2.24) is 10.2 Å². The molecular weight excluding hydrogens is 436 g/mol. The van der Waals surface area contributed by atoms with Gasteiger partial charge in [0.05, 0.1) is 17.2 Å². The summed E-state index contributed by atoms with van der Waals surface area (Å²) in [5.74, 6) is 0.691. The van der Waals surface area contributed by atoms with Crippen molar-refractivity contribution in [2.24, 2.45) is 5.73 Å². The van der Waals surface area contributed by atoms with Gasteiger partial charge in [-0.25, -0.2) is 0 Å². The number of hydrogen-bond donors (Lipinski definition) is 2. The van der Waals surface area contributed by atoms with Gasteiger partial charge in [-0.05, 0) is 29.3 Å². The predicted octanol–water partition coefficient (Wildman–Crippen LogP) is 5.53. The number of ether oxygens (including phenoxy) is 2. The Kier molecular flexibility index (Phi) is 5.47. The molecule has 0 saturated heterocycles. The molecule has 7 heteroatoms. The highest BCUT2D eigenvalue weighted by molar-refractivity contribution is 6.31. The number of nitrogens with one attached hydrogen (secondary N) is 1. The van der Waals surface area contributed by atoms with E-state index in [1.165, 1.54) is 0 Å². The molecule has 0 spiro atoms. The number of aromatic amines is 1. The van der Waals surface area contributed by atoms with Crippen molar-refractivity contribution >= 4 is 11.6 Å². The number of H-pyrrole nitrogens is 1. The number of nitrogens with two attached hydrogens (primary N) is 1. The second kappa shape index (κ2) is 8.73. The molecule has 0 fully saturated rings. The van der Waals surface area contributed by atoms with Crippen molar-refractivity contribution in [3.63, 3.8) is 0 Å². The largest absolute Gasteiger partial charge is 0.489 e. The number of halogens is 1. The molecule has 0 saturated carbocycles. The number of hydrogen-bond acceptors (Lipinski definition) is 5. The summed E-state index contributed by atoms with van der Waals surface area (Å²) < 4.78 is 11.6. The molecule has 0 radical (unpaired) electrons. The van der Waals surface area contributed by atoms with Crippen LogP contribution in [0.5, 0.6) is 11.6 Å². The predicted molar refractivity (Wildman–Crippen MR) is 126 cm³/mol. The minimum atomic E-state index is -0.426. The van der Waals surface area contributed by atoms with E-state index >= 15 is 0 Å². The van der Waals surface area contributed by atoms with Crippen molar-refractivity contribution in [2.45, 2.75) is 12.5 Å². The molecule has 0 bridgehead atoms. The summed E-state index contributed by atoms with van der Waals surface area (Å²) in [7, 11) is 0. The zero-order chi connectivity index (χ0) is 22.8. The number of nitriles is 1. The molecule has 5 rings (SSSR count). The van der Waals surface area contributed by atoms with Crippen LogP contribution >= 0.6 is 11.6 Å². The Labute approximate surface area is 195 Å². The zero-order valence-electron chi connectivity index (χ0n) is 17.5. The molecule has 2 heterocycles. The van der Waals surface area contributed by atoms with E-state index in [0.717, 1.165) is 27.9 Å². The van der Waals surface area contributed by atoms with E-state index in [4.69, 9.17) is 26.8 Å². The fraction of sp³-hybridized carbons (Fsp3) is 0.0769. The van der Waals surface area contributed by atoms with Crippen LogP contribution in [0.3, 0.4) is 0 Å². The Bertz CT molecular complexity index is 1370. The summed E-state index contributed by atoms with van der Waals surface area (Å²) in [4.78, 5) is 0. The highest BCUT2D eigenvalue weighted by Gasteiger charge is 2.35. The van der Waals surface area contributed by atoms with Gasteiger partial charge in [-0.3, -0.25) is 5.10 Å². The lowest BCUT2D eigenvalue weighted by Crippen LogP contribution is -2.21. The fourth-order valence-corrected chi connectivity index (χ4v) is 4.13. The second-order valence-corrected chi connectivity index (χ2v) is 7.96. The van der Waals surface area contributed by atoms with Gasteiger partial charge >= 0.3 is 0 Å². The number of allylic oxidation sites excluding steroid dienone is 1. The zero-order valence-corrected chi connectivity index (χ0v) is 18.2. The summed E-state index contributed by atoms with van der Waals surface area (Å²) in [5, 5.41) is 17.9. The molecule has 33 heavy (non-hydrogen) atoms. The third-order valence-electron chi connectivity index (χ3n) is 5.57. The Morgan fingerprint density at radius 2 is 1.76 bits per heavy atom. The molecule has 1 atom stereocenters. The first kappa shape index (κ1) is 20.7. The summed E-state index contributed by atoms with van der Waals surface area (Å²) in [5.41, 5.74) is 10.7. The number of fused-ring (bicyclic) bond motifs is 1. The maximum Gasteiger partial charge on any atom is 0.244 e. The van der Waals surface area contributed by atoms with Gasteiger partial charge in [0.2, 0.25) is 11.8 Å². The molecule has 0 unspecified atom stereocenters. The maximum atomic E-state index is 9.87. The summed E-state index contributed by atoms with van der Waals surface area (Å²) in [6, 6.07) is 27.2. The average Bonchev–Trinajstić information content (AvgIpc) is 3.27. The third-order valence-corrected chi connectivity index (χ3v) is 5.94. The van der Waals surface area contributed by atoms with Crippen LogP contribution in [-0.4, -0.2) is 10.2 Å². The van der Waals surface area contributed by atoms with E-state index in [1.54, 1.807) is 0 Å². The molecule has 162 valence electrons. The number of benzene rings is 3. The van der Waals surface area contributed by atoms with Crippen molar-refractivity contribution in [3.05, 3.63) is 112 Å². The van der Waals surface area contributed by atoms with E-state index in [-0.39, 0.29) is 5.88 Å². The van der Waals surface area contributed by atoms with E-state index in [1.807, 2.05) is 78.9 Å². The first-order valence-corrected chi connectivity index (χ1v) is 10.7. The lowest BCUT2D eigenvalue weighted by atomic mass is 9.83. The fourth-order valence-electron chi connectivity index (χ4n) is 3.94. The Hall–Kier alpha value is -4.21. The maximum absolute atomic E-state index is 9.87. The average molecular weight is 455 g/mol. The van der Waals surface area contributed by atoms with Gasteiger partial charge in [0.15, 0.2) is 0 Å². The normalized spacial score (nSPS) is 14.8. The van der Waals surface area contributed by atoms with Crippen LogP contribution < -0.4 is 15.2 Å². The van der Waals surface area contributed by atoms with Gasteiger partial charge in [-0.1, -0.05) is 72.3 Å². The first-order chi connectivity index (χ1) is 16.2. The monoisotopic (exact) mass is 454 g/mol. The van der Waals surface area contributed by atoms with Crippen molar-refractivity contribution < 1.29 is 9.47 Å². The van der Waals surface area contributed by atoms with Crippen LogP contribution in [0.25, 0.3) is 11.3 Å². The van der Waals surface area contributed by atoms with E-state index in [9.17, 15) is 5.26 Å². The summed E-state index contributed by atoms with van der Waals surface area (Å²) in [6.45, 7) is 0.358. The standard InChI is InChI=1S/C26H19ClN4O2/c27-21-9-5-4-8-18(21)15-32-19-12-10-16(11-13-19)22-20(14-28)25(29)33-26-23(22)24(30-31-26)17-6-2-1-3-7-17/h1-13,22H,15,29H2,(H,30,31)/t22-/m1/s1. The molecule has 1 aliphatic rings. The molecular formula is C26H19ClN4O2. The minimum absolute atomic E-state index is 0.0557. The third kappa shape index (κ3) is 3.91. The molecule has 1 aromatic heterocycles. The van der Waals surface area contributed by atoms with E-state index in [2.05, 4.69) is 16.3 Å². The Balaban J connectivity index is 1.49. The van der Waals surface area contributed by atoms with Crippen molar-refractivity contribution in [1.29, 1.82) is 5.26 Å². The molecule has 1 aliphatic heterocycles. The van der Waals surface area contributed by atoms with Crippen molar-refractivity contribution in [3.8, 4) is 29.0 Å². The van der Waals surface area contributed by atoms with Crippen LogP contribution in [-0.2, 0) is 6.61 Å². The SMILES string of the molecule is N#CC1=C(N)Oc2n[nH]c(-c3ccccc3)c2[C@@H]1c1ccc(OCc2ccccc2Cl)cc1. The molecule has 4 aromatic rings. The summed E-state index contributed by atoms with van der Waals surface area (Å²) in [6.07, 6.45) is 0. The van der Waals surface area contributed by atoms with E-state index in [0.29, 0.717) is 28.8 Å². The van der Waals surface area contributed by atoms with Crippen LogP contribution in [0.15, 0.2) is 90.3 Å². The topological polar surface area (TPSA) is 97.0 Å². The highest BCUT2D eigenvalue weighted by atomic mass is 35.5. The lowest BCUT2D eigenvalue weighted by molar-refractivity contribution is 0.306. The van der Waals surface area contributed by atoms with Crippen LogP contribution in [0.1, 0.15) is 22.6 Å². The quantitative estimate of drug-likeness (QED) is 0.413. The molecule has 3 N–H and O–H groups in total. The summed E-state index contributed by atoms with van der Waals surface area (Å²) >= 11 is 6.22. The smallest absolute Gasteiger partial charge is 0.244 e. The van der Waals surface area contributed by atoms with Crippen LogP contribution in [0.2, 0.25) is 5.02 Å². The van der Waals surface area contributed by atoms with E-state index < -0.39 is 5.92 Å². The minimum Gasteiger partial charge on any atom is -0.489 e. The molecule has 3 aromatic carbocycles. The first-order valence-electron chi connectivity index (χ1n) is 10.3. The van der Waals surface area contributed by atoms with Gasteiger partial charge in [0, 0.05) is 10.6 Å². The molecule has 0 amide bonds. The number of nitrogens with zero attached hydrogens (tertiary/aromatic N) is 2. The highest BCUT2D eigenvalue weighted by Crippen LogP contribution is 2.45. The van der Waals surface area contributed by atoms with Gasteiger partial charge in [0.25, 0.3) is 0 Å². The van der Waals surface area contributed by atoms with Crippen LogP contribution in [0.4, 0.5) is 0 Å². The van der Waals surface area contributed by atoms with Gasteiger partial charge < -0.3 is 15.2 Å². The molecule has 6 nitrogen and oxygen atoms in total. The van der Waals surface area contributed by atoms with Crippen molar-refractivity contribution in [2.75, 3.05) is 0 Å².